The Kier molecular flexibility index (Phi) is 5.15. The van der Waals surface area contributed by atoms with Crippen LogP contribution in [0.25, 0.3) is 0 Å². The van der Waals surface area contributed by atoms with Crippen LogP contribution < -0.4 is 5.32 Å². The zero-order valence-electron chi connectivity index (χ0n) is 14.4. The van der Waals surface area contributed by atoms with Crippen molar-refractivity contribution in [1.29, 1.82) is 0 Å². The molecular formula is C18H23F3N4. The fraction of sp³-hybridized carbons (Fsp3) is 0.500. The molecular weight excluding hydrogens is 329 g/mol. The summed E-state index contributed by atoms with van der Waals surface area (Å²) in [4.78, 5) is 2.42. The molecule has 1 N–H and O–H groups in total. The highest BCUT2D eigenvalue weighted by Gasteiger charge is 2.30. The Bertz CT molecular complexity index is 693. The molecule has 0 amide bonds. The molecule has 0 aliphatic carbocycles. The standard InChI is InChI=1S/C18H23F3N4/c1-13-9-24(14(2)7-22-13)10-16-8-23-25(12-16)11-15-3-5-17(6-4-15)18(19,20)21/h3-6,8,12-14,22H,7,9-11H2,1-2H3. The molecule has 2 aromatic rings. The summed E-state index contributed by atoms with van der Waals surface area (Å²) in [5.41, 5.74) is 1.29. The van der Waals surface area contributed by atoms with E-state index in [2.05, 4.69) is 29.2 Å². The maximum absolute atomic E-state index is 12.6. The number of nitrogens with zero attached hydrogens (tertiary/aromatic N) is 3. The molecule has 4 nitrogen and oxygen atoms in total. The second-order valence-electron chi connectivity index (χ2n) is 6.83. The van der Waals surface area contributed by atoms with E-state index in [-0.39, 0.29) is 0 Å². The van der Waals surface area contributed by atoms with Gasteiger partial charge in [-0.2, -0.15) is 18.3 Å². The van der Waals surface area contributed by atoms with Crippen LogP contribution in [0, 0.1) is 0 Å². The van der Waals surface area contributed by atoms with E-state index in [9.17, 15) is 13.2 Å². The van der Waals surface area contributed by atoms with Crippen molar-refractivity contribution in [2.45, 2.75) is 45.2 Å². The third-order valence-corrected chi connectivity index (χ3v) is 4.59. The van der Waals surface area contributed by atoms with Crippen LogP contribution in [0.3, 0.4) is 0 Å². The van der Waals surface area contributed by atoms with Crippen LogP contribution in [-0.4, -0.2) is 39.9 Å². The van der Waals surface area contributed by atoms with E-state index >= 15 is 0 Å². The van der Waals surface area contributed by atoms with Gasteiger partial charge in [-0.3, -0.25) is 9.58 Å². The van der Waals surface area contributed by atoms with E-state index in [4.69, 9.17) is 0 Å². The summed E-state index contributed by atoms with van der Waals surface area (Å²) < 4.78 is 39.6. The molecule has 2 atom stereocenters. The minimum absolute atomic E-state index is 0.464. The normalized spacial score (nSPS) is 22.3. The molecule has 1 saturated heterocycles. The van der Waals surface area contributed by atoms with Gasteiger partial charge in [0.25, 0.3) is 0 Å². The zero-order valence-corrected chi connectivity index (χ0v) is 14.4. The van der Waals surface area contributed by atoms with Gasteiger partial charge in [-0.15, -0.1) is 0 Å². The van der Waals surface area contributed by atoms with Gasteiger partial charge in [-0.25, -0.2) is 0 Å². The Morgan fingerprint density at radius 2 is 1.84 bits per heavy atom. The molecule has 1 aliphatic heterocycles. The fourth-order valence-electron chi connectivity index (χ4n) is 3.11. The van der Waals surface area contributed by atoms with E-state index < -0.39 is 11.7 Å². The third kappa shape index (κ3) is 4.61. The molecule has 1 aliphatic rings. The summed E-state index contributed by atoms with van der Waals surface area (Å²) in [6.45, 7) is 7.64. The van der Waals surface area contributed by atoms with Crippen LogP contribution in [0.4, 0.5) is 13.2 Å². The van der Waals surface area contributed by atoms with Crippen molar-refractivity contribution >= 4 is 0 Å². The van der Waals surface area contributed by atoms with Crippen molar-refractivity contribution in [3.63, 3.8) is 0 Å². The first-order valence-electron chi connectivity index (χ1n) is 8.46. The molecule has 1 fully saturated rings. The molecule has 0 spiro atoms. The number of hydrogen-bond acceptors (Lipinski definition) is 3. The fourth-order valence-corrected chi connectivity index (χ4v) is 3.11. The van der Waals surface area contributed by atoms with E-state index in [1.54, 1.807) is 4.68 Å². The van der Waals surface area contributed by atoms with Crippen LogP contribution in [0.1, 0.15) is 30.5 Å². The lowest BCUT2D eigenvalue weighted by Crippen LogP contribution is -2.53. The molecule has 0 radical (unpaired) electrons. The second-order valence-corrected chi connectivity index (χ2v) is 6.83. The quantitative estimate of drug-likeness (QED) is 0.918. The second kappa shape index (κ2) is 7.17. The minimum Gasteiger partial charge on any atom is -0.311 e. The summed E-state index contributed by atoms with van der Waals surface area (Å²) in [6.07, 6.45) is -0.491. The zero-order chi connectivity index (χ0) is 18.0. The Morgan fingerprint density at radius 1 is 1.12 bits per heavy atom. The van der Waals surface area contributed by atoms with Crippen LogP contribution in [-0.2, 0) is 19.3 Å². The number of hydrogen-bond donors (Lipinski definition) is 1. The summed E-state index contributed by atoms with van der Waals surface area (Å²) >= 11 is 0. The van der Waals surface area contributed by atoms with Gasteiger partial charge < -0.3 is 5.32 Å². The summed E-state index contributed by atoms with van der Waals surface area (Å²) in [5, 5.41) is 7.80. The van der Waals surface area contributed by atoms with Gasteiger partial charge in [0.15, 0.2) is 0 Å². The van der Waals surface area contributed by atoms with E-state index in [0.29, 0.717) is 18.6 Å². The predicted molar refractivity (Wildman–Crippen MR) is 90.1 cm³/mol. The number of aromatic nitrogens is 2. The Hall–Kier alpha value is -1.86. The minimum atomic E-state index is -4.30. The molecule has 25 heavy (non-hydrogen) atoms. The van der Waals surface area contributed by atoms with Crippen LogP contribution in [0.5, 0.6) is 0 Å². The van der Waals surface area contributed by atoms with Gasteiger partial charge >= 0.3 is 6.18 Å². The molecule has 3 rings (SSSR count). The SMILES string of the molecule is CC1CN(Cc2cnn(Cc3ccc(C(F)(F)F)cc3)c2)C(C)CN1. The average Bonchev–Trinajstić information content (AvgIpc) is 2.98. The topological polar surface area (TPSA) is 33.1 Å². The highest BCUT2D eigenvalue weighted by molar-refractivity contribution is 5.24. The largest absolute Gasteiger partial charge is 0.416 e. The first-order valence-corrected chi connectivity index (χ1v) is 8.46. The number of benzene rings is 1. The first-order chi connectivity index (χ1) is 11.8. The van der Waals surface area contributed by atoms with E-state index in [1.165, 1.54) is 12.1 Å². The summed E-state index contributed by atoms with van der Waals surface area (Å²) in [7, 11) is 0. The van der Waals surface area contributed by atoms with Crippen LogP contribution >= 0.6 is 0 Å². The predicted octanol–water partition coefficient (Wildman–Crippen LogP) is 3.13. The van der Waals surface area contributed by atoms with Crippen LogP contribution in [0.2, 0.25) is 0 Å². The molecule has 0 bridgehead atoms. The van der Waals surface area contributed by atoms with Gasteiger partial charge in [0.05, 0.1) is 18.3 Å². The maximum Gasteiger partial charge on any atom is 0.416 e. The number of rotatable bonds is 4. The lowest BCUT2D eigenvalue weighted by Gasteiger charge is -2.37. The lowest BCUT2D eigenvalue weighted by molar-refractivity contribution is -0.137. The Morgan fingerprint density at radius 3 is 2.52 bits per heavy atom. The molecule has 1 aromatic heterocycles. The van der Waals surface area contributed by atoms with Crippen molar-refractivity contribution in [3.05, 3.63) is 53.3 Å². The number of nitrogens with one attached hydrogen (secondary N) is 1. The van der Waals surface area contributed by atoms with Gasteiger partial charge in [0.2, 0.25) is 0 Å². The van der Waals surface area contributed by atoms with E-state index in [0.717, 1.165) is 42.9 Å². The maximum atomic E-state index is 12.6. The van der Waals surface area contributed by atoms with Crippen molar-refractivity contribution in [2.75, 3.05) is 13.1 Å². The van der Waals surface area contributed by atoms with Crippen molar-refractivity contribution in [1.82, 2.24) is 20.0 Å². The number of halogens is 3. The van der Waals surface area contributed by atoms with Gasteiger partial charge in [0, 0.05) is 43.5 Å². The monoisotopic (exact) mass is 352 g/mol. The molecule has 2 heterocycles. The highest BCUT2D eigenvalue weighted by Crippen LogP contribution is 2.29. The molecule has 2 unspecified atom stereocenters. The first kappa shape index (κ1) is 17.9. The van der Waals surface area contributed by atoms with Gasteiger partial charge in [-0.05, 0) is 31.5 Å². The Balaban J connectivity index is 1.62. The van der Waals surface area contributed by atoms with Gasteiger partial charge in [0.1, 0.15) is 0 Å². The average molecular weight is 352 g/mol. The van der Waals surface area contributed by atoms with E-state index in [1.807, 2.05) is 12.4 Å². The molecule has 136 valence electrons. The van der Waals surface area contributed by atoms with Crippen molar-refractivity contribution in [3.8, 4) is 0 Å². The van der Waals surface area contributed by atoms with Crippen molar-refractivity contribution < 1.29 is 13.2 Å². The number of piperazine rings is 1. The number of alkyl halides is 3. The Labute approximate surface area is 145 Å². The third-order valence-electron chi connectivity index (χ3n) is 4.59. The van der Waals surface area contributed by atoms with Crippen molar-refractivity contribution in [2.24, 2.45) is 0 Å². The molecule has 1 aromatic carbocycles. The smallest absolute Gasteiger partial charge is 0.311 e. The molecule has 7 heteroatoms. The summed E-state index contributed by atoms with van der Waals surface area (Å²) in [5.74, 6) is 0. The van der Waals surface area contributed by atoms with Crippen LogP contribution in [0.15, 0.2) is 36.7 Å². The van der Waals surface area contributed by atoms with Gasteiger partial charge in [-0.1, -0.05) is 12.1 Å². The summed E-state index contributed by atoms with van der Waals surface area (Å²) in [6, 6.07) is 6.18. The highest BCUT2D eigenvalue weighted by atomic mass is 19.4. The molecule has 0 saturated carbocycles. The lowest BCUT2D eigenvalue weighted by atomic mass is 10.1.